The summed E-state index contributed by atoms with van der Waals surface area (Å²) in [5.41, 5.74) is 0.923. The number of carbonyl (C=O) groups excluding carboxylic acids is 1. The fraction of sp³-hybridized carbons (Fsp3) is 0.829. The second-order valence-corrected chi connectivity index (χ2v) is 15.9. The van der Waals surface area contributed by atoms with Crippen LogP contribution in [0.15, 0.2) is 24.4 Å². The van der Waals surface area contributed by atoms with E-state index in [1.54, 1.807) is 13.1 Å². The number of nitrogens with zero attached hydrogens (tertiary/aromatic N) is 2. The summed E-state index contributed by atoms with van der Waals surface area (Å²) >= 11 is 0. The molecule has 228 valence electrons. The van der Waals surface area contributed by atoms with E-state index in [1.807, 2.05) is 23.1 Å². The van der Waals surface area contributed by atoms with Crippen LogP contribution in [0.4, 0.5) is 0 Å². The molecule has 0 radical (unpaired) electrons. The number of carbonyl (C=O) groups is 1. The van der Waals surface area contributed by atoms with Crippen molar-refractivity contribution in [2.75, 3.05) is 6.54 Å². The fourth-order valence-corrected chi connectivity index (χ4v) is 11.6. The van der Waals surface area contributed by atoms with Crippen LogP contribution in [0.2, 0.25) is 0 Å². The maximum Gasteiger partial charge on any atom is 0.219 e. The highest BCUT2D eigenvalue weighted by Crippen LogP contribution is 2.72. The van der Waals surface area contributed by atoms with E-state index in [0.717, 1.165) is 44.2 Å². The van der Waals surface area contributed by atoms with Crippen LogP contribution in [0.25, 0.3) is 0 Å². The van der Waals surface area contributed by atoms with Crippen molar-refractivity contribution in [2.24, 2.45) is 45.3 Å². The van der Waals surface area contributed by atoms with Crippen LogP contribution in [-0.4, -0.2) is 57.0 Å². The second-order valence-electron chi connectivity index (χ2n) is 15.9. The molecule has 6 nitrogen and oxygen atoms in total. The minimum atomic E-state index is -0.511. The summed E-state index contributed by atoms with van der Waals surface area (Å²) in [5, 5.41) is 23.3. The van der Waals surface area contributed by atoms with Crippen molar-refractivity contribution in [2.45, 2.75) is 130 Å². The van der Waals surface area contributed by atoms with Crippen LogP contribution in [0.1, 0.15) is 105 Å². The Balaban J connectivity index is 1.26. The zero-order valence-corrected chi connectivity index (χ0v) is 26.3. The normalized spacial score (nSPS) is 46.8. The first-order valence-corrected chi connectivity index (χ1v) is 16.5. The maximum atomic E-state index is 12.7. The molecule has 11 atom stereocenters. The minimum Gasteiger partial charge on any atom is -0.393 e. The van der Waals surface area contributed by atoms with Gasteiger partial charge in [0, 0.05) is 25.1 Å². The Hall–Kier alpha value is -1.50. The predicted molar refractivity (Wildman–Crippen MR) is 160 cm³/mol. The summed E-state index contributed by atoms with van der Waals surface area (Å²) < 4.78 is 6.91. The maximum absolute atomic E-state index is 12.7. The number of aliphatic hydroxyl groups excluding tert-OH is 2. The van der Waals surface area contributed by atoms with Gasteiger partial charge in [0.1, 0.15) is 0 Å². The van der Waals surface area contributed by atoms with E-state index in [9.17, 15) is 15.0 Å². The topological polar surface area (TPSA) is 82.9 Å². The van der Waals surface area contributed by atoms with Gasteiger partial charge in [-0.2, -0.15) is 0 Å². The van der Waals surface area contributed by atoms with Crippen LogP contribution in [-0.2, 0) is 16.1 Å². The summed E-state index contributed by atoms with van der Waals surface area (Å²) in [4.78, 5) is 19.0. The highest BCUT2D eigenvalue weighted by atomic mass is 16.5. The molecule has 1 aromatic rings. The Morgan fingerprint density at radius 3 is 2.59 bits per heavy atom. The first-order chi connectivity index (χ1) is 19.3. The zero-order chi connectivity index (χ0) is 29.4. The molecule has 41 heavy (non-hydrogen) atoms. The first-order valence-electron chi connectivity index (χ1n) is 16.5. The van der Waals surface area contributed by atoms with Crippen molar-refractivity contribution in [3.05, 3.63) is 30.1 Å². The summed E-state index contributed by atoms with van der Waals surface area (Å²) in [6.45, 7) is 14.5. The van der Waals surface area contributed by atoms with Crippen molar-refractivity contribution in [3.63, 3.8) is 0 Å². The van der Waals surface area contributed by atoms with Gasteiger partial charge in [0.15, 0.2) is 0 Å². The third-order valence-electron chi connectivity index (χ3n) is 13.9. The molecule has 4 saturated carbocycles. The van der Waals surface area contributed by atoms with Crippen molar-refractivity contribution in [1.29, 1.82) is 0 Å². The van der Waals surface area contributed by atoms with Crippen LogP contribution < -0.4 is 0 Å². The summed E-state index contributed by atoms with van der Waals surface area (Å²) in [7, 11) is 0. The van der Waals surface area contributed by atoms with Crippen molar-refractivity contribution >= 4 is 5.91 Å². The van der Waals surface area contributed by atoms with Gasteiger partial charge in [0.2, 0.25) is 5.91 Å². The molecule has 4 aliphatic carbocycles. The van der Waals surface area contributed by atoms with Gasteiger partial charge in [-0.05, 0) is 103 Å². The Kier molecular flexibility index (Phi) is 7.43. The average Bonchev–Trinajstić information content (AvgIpc) is 3.09. The summed E-state index contributed by atoms with van der Waals surface area (Å²) in [5.74, 6) is 1.78. The third-order valence-corrected chi connectivity index (χ3v) is 13.9. The monoisotopic (exact) mass is 566 g/mol. The highest BCUT2D eigenvalue weighted by Gasteiger charge is 2.71. The molecule has 4 unspecified atom stereocenters. The molecule has 1 saturated heterocycles. The smallest absolute Gasteiger partial charge is 0.219 e. The van der Waals surface area contributed by atoms with Gasteiger partial charge in [0.05, 0.1) is 36.7 Å². The van der Waals surface area contributed by atoms with Crippen LogP contribution in [0, 0.1) is 45.3 Å². The lowest BCUT2D eigenvalue weighted by atomic mass is 9.41. The SMILES string of the molecule is CC(=O)N(Cc1ccccn1)CC1C[C@@H](C)[C@H]2C(O1)[C@H](O)[C@@]1(C)C3CC[C@@H]4C(CCC[C@]21C)(CC[C@H](O)C4(C)C)C3. The van der Waals surface area contributed by atoms with E-state index in [2.05, 4.69) is 39.6 Å². The van der Waals surface area contributed by atoms with Crippen LogP contribution in [0.5, 0.6) is 0 Å². The molecule has 1 aromatic heterocycles. The lowest BCUT2D eigenvalue weighted by Gasteiger charge is -2.64. The molecule has 6 rings (SSSR count). The van der Waals surface area contributed by atoms with E-state index in [0.29, 0.717) is 36.8 Å². The van der Waals surface area contributed by atoms with Crippen LogP contribution in [0.3, 0.4) is 0 Å². The van der Waals surface area contributed by atoms with E-state index in [1.165, 1.54) is 19.3 Å². The number of aliphatic hydroxyl groups is 2. The number of hydrogen-bond acceptors (Lipinski definition) is 5. The van der Waals surface area contributed by atoms with E-state index >= 15 is 0 Å². The Labute approximate surface area is 247 Å². The Morgan fingerprint density at radius 2 is 1.88 bits per heavy atom. The standard InChI is InChI=1S/C35H54N2O4/c1-22-18-26(21-37(23(2)38)20-25-10-7-8-17-36-25)41-30-29(22)33(5)14-9-15-35-16-13-28(39)32(3,4)27(35)12-11-24(19-35)34(33,6)31(30)40/h7-8,10,17,22,24,26-31,39-40H,9,11-16,18-21H2,1-6H3/t22-,24?,26?,27+,28+,29+,30?,31+,33-,34-,35?/m1/s1. The fourth-order valence-electron chi connectivity index (χ4n) is 11.6. The first kappa shape index (κ1) is 29.6. The lowest BCUT2D eigenvalue weighted by molar-refractivity contribution is -0.179. The zero-order valence-electron chi connectivity index (χ0n) is 26.3. The quantitative estimate of drug-likeness (QED) is 0.468. The Morgan fingerprint density at radius 1 is 1.10 bits per heavy atom. The molecule has 6 heteroatoms. The van der Waals surface area contributed by atoms with Gasteiger partial charge in [-0.25, -0.2) is 0 Å². The lowest BCUT2D eigenvalue weighted by Crippen LogP contribution is -2.58. The molecule has 5 aliphatic rings. The molecule has 2 heterocycles. The molecule has 2 N–H and O–H groups in total. The number of aromatic nitrogens is 1. The van der Waals surface area contributed by atoms with Gasteiger partial charge in [0.25, 0.3) is 0 Å². The third kappa shape index (κ3) is 4.44. The highest BCUT2D eigenvalue weighted by molar-refractivity contribution is 5.73. The molecular formula is C35H54N2O4. The molecule has 0 aromatic carbocycles. The summed E-state index contributed by atoms with van der Waals surface area (Å²) in [6, 6.07) is 5.82. The van der Waals surface area contributed by atoms with Gasteiger partial charge in [-0.1, -0.05) is 47.1 Å². The van der Waals surface area contributed by atoms with E-state index in [-0.39, 0.29) is 45.9 Å². The van der Waals surface area contributed by atoms with E-state index in [4.69, 9.17) is 4.74 Å². The largest absolute Gasteiger partial charge is 0.393 e. The number of ether oxygens (including phenoxy) is 1. The number of amides is 1. The molecule has 2 bridgehead atoms. The van der Waals surface area contributed by atoms with Crippen molar-refractivity contribution < 1.29 is 19.7 Å². The predicted octanol–water partition coefficient (Wildman–Crippen LogP) is 5.99. The number of fused-ring (bicyclic) bond motifs is 5. The van der Waals surface area contributed by atoms with Crippen molar-refractivity contribution in [1.82, 2.24) is 9.88 Å². The Bertz CT molecular complexity index is 1130. The molecule has 5 fully saturated rings. The number of rotatable bonds is 4. The van der Waals surface area contributed by atoms with Gasteiger partial charge >= 0.3 is 0 Å². The molecule has 1 aliphatic heterocycles. The van der Waals surface area contributed by atoms with Gasteiger partial charge in [-0.3, -0.25) is 9.78 Å². The minimum absolute atomic E-state index is 0.0124. The van der Waals surface area contributed by atoms with Gasteiger partial charge < -0.3 is 19.8 Å². The van der Waals surface area contributed by atoms with Gasteiger partial charge in [-0.15, -0.1) is 0 Å². The summed E-state index contributed by atoms with van der Waals surface area (Å²) in [6.07, 6.45) is 10.7. The van der Waals surface area contributed by atoms with E-state index < -0.39 is 6.10 Å². The molecule has 1 amide bonds. The second kappa shape index (κ2) is 10.3. The average molecular weight is 567 g/mol. The van der Waals surface area contributed by atoms with Crippen molar-refractivity contribution in [3.8, 4) is 0 Å². The molecule has 1 spiro atoms. The van der Waals surface area contributed by atoms with Crippen LogP contribution >= 0.6 is 0 Å². The number of hydrogen-bond donors (Lipinski definition) is 2. The number of pyridine rings is 1. The molecular weight excluding hydrogens is 512 g/mol.